The number of aromatic hydroxyl groups is 1. The van der Waals surface area contributed by atoms with Crippen LogP contribution >= 0.6 is 0 Å². The van der Waals surface area contributed by atoms with Crippen LogP contribution in [0.5, 0.6) is 5.75 Å². The molecular weight excluding hydrogens is 288 g/mol. The van der Waals surface area contributed by atoms with Crippen molar-refractivity contribution < 1.29 is 9.90 Å². The second-order valence-corrected chi connectivity index (χ2v) is 6.26. The highest BCUT2D eigenvalue weighted by Crippen LogP contribution is 2.53. The fraction of sp³-hybridized carbons (Fsp3) is 0.263. The van der Waals surface area contributed by atoms with Crippen LogP contribution in [0.1, 0.15) is 31.4 Å². The number of amides is 1. The molecule has 2 aromatic rings. The Hall–Kier alpha value is -2.62. The van der Waals surface area contributed by atoms with Gasteiger partial charge < -0.3 is 5.11 Å². The predicted octanol–water partition coefficient (Wildman–Crippen LogP) is 3.21. The summed E-state index contributed by atoms with van der Waals surface area (Å²) in [5, 5.41) is 13.5. The van der Waals surface area contributed by atoms with Crippen LogP contribution in [-0.4, -0.2) is 16.7 Å². The molecule has 0 spiro atoms. The van der Waals surface area contributed by atoms with E-state index in [1.165, 1.54) is 5.56 Å². The first-order valence-corrected chi connectivity index (χ1v) is 7.70. The first kappa shape index (κ1) is 15.3. The van der Waals surface area contributed by atoms with Gasteiger partial charge in [-0.1, -0.05) is 37.3 Å². The van der Waals surface area contributed by atoms with E-state index in [-0.39, 0.29) is 23.0 Å². The first-order chi connectivity index (χ1) is 11.0. The molecule has 0 saturated heterocycles. The van der Waals surface area contributed by atoms with E-state index in [1.807, 2.05) is 25.1 Å². The fourth-order valence-corrected chi connectivity index (χ4v) is 2.87. The van der Waals surface area contributed by atoms with E-state index in [4.69, 9.17) is 0 Å². The van der Waals surface area contributed by atoms with Gasteiger partial charge in [0.15, 0.2) is 0 Å². The van der Waals surface area contributed by atoms with Gasteiger partial charge in [0.25, 0.3) is 0 Å². The van der Waals surface area contributed by atoms with Crippen molar-refractivity contribution in [3.05, 3.63) is 65.7 Å². The zero-order chi connectivity index (χ0) is 16.4. The molecule has 0 aromatic heterocycles. The fourth-order valence-electron chi connectivity index (χ4n) is 2.87. The molecule has 1 fully saturated rings. The Labute approximate surface area is 135 Å². The Morgan fingerprint density at radius 1 is 1.17 bits per heavy atom. The Kier molecular flexibility index (Phi) is 3.90. The number of nitrogens with one attached hydrogen (secondary N) is 1. The number of benzene rings is 2. The third kappa shape index (κ3) is 3.11. The topological polar surface area (TPSA) is 61.7 Å². The van der Waals surface area contributed by atoms with Gasteiger partial charge in [-0.25, -0.2) is 5.43 Å². The van der Waals surface area contributed by atoms with Crippen molar-refractivity contribution in [3.63, 3.8) is 0 Å². The summed E-state index contributed by atoms with van der Waals surface area (Å²) in [4.78, 5) is 12.3. The van der Waals surface area contributed by atoms with Crippen LogP contribution < -0.4 is 5.43 Å². The molecule has 1 amide bonds. The maximum absolute atomic E-state index is 12.3. The van der Waals surface area contributed by atoms with Crippen LogP contribution in [-0.2, 0) is 10.2 Å². The van der Waals surface area contributed by atoms with E-state index in [0.29, 0.717) is 5.71 Å². The standard InChI is InChI=1S/C19H20N2O2/c1-13(14-8-10-16(22)11-9-14)20-21-18(23)17-12-19(17,2)15-6-4-3-5-7-15/h3-11,17,22H,12H2,1-2H3,(H,21,23)/b20-13+/t17-,19+/m1/s1. The average molecular weight is 308 g/mol. The monoisotopic (exact) mass is 308 g/mol. The van der Waals surface area contributed by atoms with Crippen LogP contribution in [0.15, 0.2) is 59.7 Å². The van der Waals surface area contributed by atoms with E-state index < -0.39 is 0 Å². The third-order valence-electron chi connectivity index (χ3n) is 4.61. The highest BCUT2D eigenvalue weighted by atomic mass is 16.3. The molecule has 2 atom stereocenters. The van der Waals surface area contributed by atoms with Gasteiger partial charge in [0.2, 0.25) is 5.91 Å². The third-order valence-corrected chi connectivity index (χ3v) is 4.61. The maximum atomic E-state index is 12.3. The van der Waals surface area contributed by atoms with E-state index in [2.05, 4.69) is 29.6 Å². The molecular formula is C19H20N2O2. The summed E-state index contributed by atoms with van der Waals surface area (Å²) in [7, 11) is 0. The summed E-state index contributed by atoms with van der Waals surface area (Å²) in [5.41, 5.74) is 5.35. The summed E-state index contributed by atoms with van der Waals surface area (Å²) >= 11 is 0. The second kappa shape index (κ2) is 5.88. The van der Waals surface area contributed by atoms with E-state index >= 15 is 0 Å². The molecule has 4 nitrogen and oxygen atoms in total. The van der Waals surface area contributed by atoms with Crippen LogP contribution in [0.4, 0.5) is 0 Å². The van der Waals surface area contributed by atoms with Crippen molar-refractivity contribution in [3.8, 4) is 5.75 Å². The number of phenolic OH excluding ortho intramolecular Hbond substituents is 1. The van der Waals surface area contributed by atoms with Crippen molar-refractivity contribution in [1.29, 1.82) is 0 Å². The predicted molar refractivity (Wildman–Crippen MR) is 90.4 cm³/mol. The van der Waals surface area contributed by atoms with Crippen molar-refractivity contribution in [2.75, 3.05) is 0 Å². The Morgan fingerprint density at radius 2 is 1.83 bits per heavy atom. The van der Waals surface area contributed by atoms with Gasteiger partial charge in [-0.05, 0) is 48.7 Å². The van der Waals surface area contributed by atoms with Crippen LogP contribution in [0.2, 0.25) is 0 Å². The highest BCUT2D eigenvalue weighted by molar-refractivity contribution is 5.99. The molecule has 1 aliphatic carbocycles. The molecule has 0 heterocycles. The van der Waals surface area contributed by atoms with Gasteiger partial charge in [-0.3, -0.25) is 4.79 Å². The zero-order valence-electron chi connectivity index (χ0n) is 13.3. The lowest BCUT2D eigenvalue weighted by Crippen LogP contribution is -2.24. The van der Waals surface area contributed by atoms with E-state index in [9.17, 15) is 9.90 Å². The van der Waals surface area contributed by atoms with Gasteiger partial charge in [-0.15, -0.1) is 0 Å². The first-order valence-electron chi connectivity index (χ1n) is 7.70. The second-order valence-electron chi connectivity index (χ2n) is 6.26. The number of rotatable bonds is 4. The molecule has 0 aliphatic heterocycles. The minimum absolute atomic E-state index is 0.0405. The lowest BCUT2D eigenvalue weighted by atomic mass is 9.95. The molecule has 4 heteroatoms. The minimum Gasteiger partial charge on any atom is -0.508 e. The summed E-state index contributed by atoms with van der Waals surface area (Å²) < 4.78 is 0. The Balaban J connectivity index is 1.65. The molecule has 118 valence electrons. The van der Waals surface area contributed by atoms with Crippen LogP contribution in [0.3, 0.4) is 0 Å². The lowest BCUT2D eigenvalue weighted by Gasteiger charge is -2.11. The molecule has 3 rings (SSSR count). The molecule has 23 heavy (non-hydrogen) atoms. The maximum Gasteiger partial charge on any atom is 0.244 e. The van der Waals surface area contributed by atoms with Gasteiger partial charge in [0.1, 0.15) is 5.75 Å². The smallest absolute Gasteiger partial charge is 0.244 e. The van der Waals surface area contributed by atoms with E-state index in [1.54, 1.807) is 24.3 Å². The number of phenols is 1. The minimum atomic E-state index is -0.0900. The highest BCUT2D eigenvalue weighted by Gasteiger charge is 2.55. The van der Waals surface area contributed by atoms with Crippen LogP contribution in [0, 0.1) is 5.92 Å². The number of hydrogen-bond donors (Lipinski definition) is 2. The number of nitrogens with zero attached hydrogens (tertiary/aromatic N) is 1. The molecule has 1 saturated carbocycles. The average Bonchev–Trinajstić information content (AvgIpc) is 3.27. The number of hydrazone groups is 1. The molecule has 2 aromatic carbocycles. The largest absolute Gasteiger partial charge is 0.508 e. The molecule has 0 unspecified atom stereocenters. The van der Waals surface area contributed by atoms with Gasteiger partial charge in [0.05, 0.1) is 11.6 Å². The lowest BCUT2D eigenvalue weighted by molar-refractivity contribution is -0.122. The molecule has 2 N–H and O–H groups in total. The summed E-state index contributed by atoms with van der Waals surface area (Å²) in [5.74, 6) is 0.123. The SMILES string of the molecule is C/C(=N\NC(=O)[C@H]1C[C@@]1(C)c1ccccc1)c1ccc(O)cc1. The summed E-state index contributed by atoms with van der Waals surface area (Å²) in [6, 6.07) is 16.9. The quantitative estimate of drug-likeness (QED) is 0.673. The van der Waals surface area contributed by atoms with Gasteiger partial charge in [0, 0.05) is 5.41 Å². The van der Waals surface area contributed by atoms with Gasteiger partial charge in [-0.2, -0.15) is 5.10 Å². The summed E-state index contributed by atoms with van der Waals surface area (Å²) in [6.07, 6.45) is 0.844. The Bertz CT molecular complexity index is 738. The Morgan fingerprint density at radius 3 is 2.48 bits per heavy atom. The van der Waals surface area contributed by atoms with Crippen molar-refractivity contribution in [2.45, 2.75) is 25.7 Å². The molecule has 1 aliphatic rings. The van der Waals surface area contributed by atoms with Crippen molar-refractivity contribution in [2.24, 2.45) is 11.0 Å². The van der Waals surface area contributed by atoms with Crippen molar-refractivity contribution >= 4 is 11.6 Å². The van der Waals surface area contributed by atoms with E-state index in [0.717, 1.165) is 12.0 Å². The summed E-state index contributed by atoms with van der Waals surface area (Å²) in [6.45, 7) is 3.94. The normalized spacial score (nSPS) is 23.4. The van der Waals surface area contributed by atoms with Gasteiger partial charge >= 0.3 is 0 Å². The number of hydrogen-bond acceptors (Lipinski definition) is 3. The van der Waals surface area contributed by atoms with Crippen molar-refractivity contribution in [1.82, 2.24) is 5.43 Å². The number of carbonyl (C=O) groups is 1. The zero-order valence-corrected chi connectivity index (χ0v) is 13.3. The molecule has 0 bridgehead atoms. The number of carbonyl (C=O) groups excluding carboxylic acids is 1. The molecule has 0 radical (unpaired) electrons. The van der Waals surface area contributed by atoms with Crippen LogP contribution in [0.25, 0.3) is 0 Å².